The van der Waals surface area contributed by atoms with Gasteiger partial charge in [0.15, 0.2) is 0 Å². The van der Waals surface area contributed by atoms with Crippen molar-refractivity contribution in [2.75, 3.05) is 0 Å². The second-order valence-electron chi connectivity index (χ2n) is 5.78. The van der Waals surface area contributed by atoms with Gasteiger partial charge in [0.25, 0.3) is 5.91 Å². The standard InChI is InChI=1S/C17H18N2O3S/c1-11-7-13(8-12-5-3-2-4-6-12)19(16(11)21)17(22)14-10-23-15(9-20)18-14/h2-6,10-11,13,20H,7-9H2,1H3. The Balaban J connectivity index is 1.84. The molecule has 3 rings (SSSR count). The number of amides is 2. The minimum absolute atomic E-state index is 0.144. The maximum absolute atomic E-state index is 12.7. The first-order valence-corrected chi connectivity index (χ1v) is 8.44. The molecule has 0 bridgehead atoms. The van der Waals surface area contributed by atoms with Crippen LogP contribution < -0.4 is 0 Å². The van der Waals surface area contributed by atoms with Crippen molar-refractivity contribution in [2.24, 2.45) is 5.92 Å². The molecule has 2 heterocycles. The van der Waals surface area contributed by atoms with Gasteiger partial charge in [-0.25, -0.2) is 4.98 Å². The van der Waals surface area contributed by atoms with Crippen LogP contribution in [-0.4, -0.2) is 32.8 Å². The van der Waals surface area contributed by atoms with E-state index in [1.807, 2.05) is 37.3 Å². The maximum Gasteiger partial charge on any atom is 0.280 e. The second-order valence-corrected chi connectivity index (χ2v) is 6.72. The van der Waals surface area contributed by atoms with Crippen molar-refractivity contribution in [3.05, 3.63) is 52.0 Å². The molecule has 6 heteroatoms. The smallest absolute Gasteiger partial charge is 0.280 e. The second kappa shape index (κ2) is 6.60. The molecule has 2 atom stereocenters. The Morgan fingerprint density at radius 3 is 2.78 bits per heavy atom. The number of hydrogen-bond acceptors (Lipinski definition) is 5. The summed E-state index contributed by atoms with van der Waals surface area (Å²) in [6.45, 7) is 1.66. The summed E-state index contributed by atoms with van der Waals surface area (Å²) in [5, 5.41) is 11.2. The molecule has 23 heavy (non-hydrogen) atoms. The van der Waals surface area contributed by atoms with E-state index < -0.39 is 0 Å². The largest absolute Gasteiger partial charge is 0.389 e. The molecule has 2 unspecified atom stereocenters. The van der Waals surface area contributed by atoms with Crippen LogP contribution in [0, 0.1) is 5.92 Å². The van der Waals surface area contributed by atoms with E-state index >= 15 is 0 Å². The van der Waals surface area contributed by atoms with Gasteiger partial charge < -0.3 is 5.11 Å². The number of aliphatic hydroxyl groups is 1. The monoisotopic (exact) mass is 330 g/mol. The summed E-state index contributed by atoms with van der Waals surface area (Å²) in [6.07, 6.45) is 1.32. The van der Waals surface area contributed by atoms with Crippen LogP contribution in [0.25, 0.3) is 0 Å². The molecule has 1 fully saturated rings. The molecule has 1 saturated heterocycles. The van der Waals surface area contributed by atoms with Gasteiger partial charge in [0.05, 0.1) is 6.61 Å². The minimum Gasteiger partial charge on any atom is -0.389 e. The molecule has 1 N–H and O–H groups in total. The highest BCUT2D eigenvalue weighted by atomic mass is 32.1. The molecule has 0 radical (unpaired) electrons. The van der Waals surface area contributed by atoms with Crippen LogP contribution in [0.2, 0.25) is 0 Å². The number of benzene rings is 1. The number of imide groups is 1. The van der Waals surface area contributed by atoms with Crippen LogP contribution in [0.4, 0.5) is 0 Å². The Bertz CT molecular complexity index is 714. The lowest BCUT2D eigenvalue weighted by Crippen LogP contribution is -2.40. The molecular formula is C17H18N2O3S. The molecule has 0 spiro atoms. The van der Waals surface area contributed by atoms with Crippen LogP contribution in [-0.2, 0) is 17.8 Å². The highest BCUT2D eigenvalue weighted by Crippen LogP contribution is 2.29. The number of rotatable bonds is 4. The number of thiazole rings is 1. The summed E-state index contributed by atoms with van der Waals surface area (Å²) in [4.78, 5) is 30.6. The zero-order valence-corrected chi connectivity index (χ0v) is 13.6. The van der Waals surface area contributed by atoms with Gasteiger partial charge in [-0.3, -0.25) is 14.5 Å². The predicted octanol–water partition coefficient (Wildman–Crippen LogP) is 2.26. The Morgan fingerprint density at radius 1 is 1.39 bits per heavy atom. The lowest BCUT2D eigenvalue weighted by molar-refractivity contribution is -0.129. The first-order chi connectivity index (χ1) is 11.1. The molecule has 2 amide bonds. The third kappa shape index (κ3) is 3.18. The van der Waals surface area contributed by atoms with E-state index in [9.17, 15) is 9.59 Å². The molecule has 1 aliphatic heterocycles. The Kier molecular flexibility index (Phi) is 4.54. The molecule has 120 valence electrons. The minimum atomic E-state index is -0.365. The average Bonchev–Trinajstić information content (AvgIpc) is 3.14. The molecule has 2 aromatic rings. The molecule has 1 aromatic carbocycles. The van der Waals surface area contributed by atoms with Gasteiger partial charge in [-0.2, -0.15) is 0 Å². The molecular weight excluding hydrogens is 312 g/mol. The third-order valence-electron chi connectivity index (χ3n) is 4.09. The normalized spacial score (nSPS) is 21.0. The van der Waals surface area contributed by atoms with Gasteiger partial charge in [0.1, 0.15) is 10.7 Å². The van der Waals surface area contributed by atoms with Crippen molar-refractivity contribution in [1.29, 1.82) is 0 Å². The fourth-order valence-corrected chi connectivity index (χ4v) is 3.59. The van der Waals surface area contributed by atoms with Gasteiger partial charge in [-0.1, -0.05) is 37.3 Å². The van der Waals surface area contributed by atoms with E-state index in [-0.39, 0.29) is 36.1 Å². The van der Waals surface area contributed by atoms with Gasteiger partial charge in [0.2, 0.25) is 5.91 Å². The van der Waals surface area contributed by atoms with Crippen molar-refractivity contribution in [3.8, 4) is 0 Å². The first kappa shape index (κ1) is 15.8. The lowest BCUT2D eigenvalue weighted by atomic mass is 10.0. The average molecular weight is 330 g/mol. The van der Waals surface area contributed by atoms with Crippen molar-refractivity contribution < 1.29 is 14.7 Å². The fourth-order valence-electron chi connectivity index (χ4n) is 2.96. The fraction of sp³-hybridized carbons (Fsp3) is 0.353. The summed E-state index contributed by atoms with van der Waals surface area (Å²) in [5.74, 6) is -0.672. The number of hydrogen-bond donors (Lipinski definition) is 1. The van der Waals surface area contributed by atoms with E-state index in [0.717, 1.165) is 5.56 Å². The van der Waals surface area contributed by atoms with E-state index in [0.29, 0.717) is 17.8 Å². The topological polar surface area (TPSA) is 70.5 Å². The van der Waals surface area contributed by atoms with Crippen LogP contribution in [0.15, 0.2) is 35.7 Å². The zero-order valence-electron chi connectivity index (χ0n) is 12.8. The highest BCUT2D eigenvalue weighted by molar-refractivity contribution is 7.09. The maximum atomic E-state index is 12.7. The molecule has 1 aromatic heterocycles. The van der Waals surface area contributed by atoms with Gasteiger partial charge >= 0.3 is 0 Å². The van der Waals surface area contributed by atoms with Gasteiger partial charge in [-0.15, -0.1) is 11.3 Å². The number of likely N-dealkylation sites (tertiary alicyclic amines) is 1. The summed E-state index contributed by atoms with van der Waals surface area (Å²) >= 11 is 1.22. The van der Waals surface area contributed by atoms with Crippen molar-refractivity contribution in [3.63, 3.8) is 0 Å². The van der Waals surface area contributed by atoms with E-state index in [2.05, 4.69) is 4.98 Å². The lowest BCUT2D eigenvalue weighted by Gasteiger charge is -2.22. The van der Waals surface area contributed by atoms with Crippen molar-refractivity contribution in [2.45, 2.75) is 32.4 Å². The Labute approximate surface area is 138 Å². The van der Waals surface area contributed by atoms with Crippen molar-refractivity contribution >= 4 is 23.2 Å². The van der Waals surface area contributed by atoms with Crippen LogP contribution >= 0.6 is 11.3 Å². The predicted molar refractivity (Wildman–Crippen MR) is 86.9 cm³/mol. The first-order valence-electron chi connectivity index (χ1n) is 7.56. The molecule has 0 saturated carbocycles. The highest BCUT2D eigenvalue weighted by Gasteiger charge is 2.41. The van der Waals surface area contributed by atoms with E-state index in [1.165, 1.54) is 16.2 Å². The van der Waals surface area contributed by atoms with Crippen LogP contribution in [0.1, 0.15) is 34.4 Å². The Hall–Kier alpha value is -2.05. The molecule has 0 aliphatic carbocycles. The zero-order chi connectivity index (χ0) is 16.4. The Morgan fingerprint density at radius 2 is 2.13 bits per heavy atom. The number of nitrogens with zero attached hydrogens (tertiary/aromatic N) is 2. The number of aromatic nitrogens is 1. The molecule has 5 nitrogen and oxygen atoms in total. The third-order valence-corrected chi connectivity index (χ3v) is 4.92. The van der Waals surface area contributed by atoms with Crippen LogP contribution in [0.5, 0.6) is 0 Å². The van der Waals surface area contributed by atoms with Crippen molar-refractivity contribution in [1.82, 2.24) is 9.88 Å². The summed E-state index contributed by atoms with van der Waals surface area (Å²) < 4.78 is 0. The molecule has 1 aliphatic rings. The summed E-state index contributed by atoms with van der Waals surface area (Å²) in [7, 11) is 0. The summed E-state index contributed by atoms with van der Waals surface area (Å²) in [5.41, 5.74) is 1.34. The van der Waals surface area contributed by atoms with E-state index in [1.54, 1.807) is 5.38 Å². The van der Waals surface area contributed by atoms with E-state index in [4.69, 9.17) is 5.11 Å². The number of carbonyl (C=O) groups is 2. The number of carbonyl (C=O) groups excluding carboxylic acids is 2. The summed E-state index contributed by atoms with van der Waals surface area (Å²) in [6, 6.07) is 9.71. The van der Waals surface area contributed by atoms with Crippen LogP contribution in [0.3, 0.4) is 0 Å². The SMILES string of the molecule is CC1CC(Cc2ccccc2)N(C(=O)c2csc(CO)n2)C1=O. The quantitative estimate of drug-likeness (QED) is 0.873. The number of aliphatic hydroxyl groups excluding tert-OH is 1. The van der Waals surface area contributed by atoms with Gasteiger partial charge in [-0.05, 0) is 18.4 Å². The van der Waals surface area contributed by atoms with Gasteiger partial charge in [0, 0.05) is 17.3 Å².